The number of nitrogens with zero attached hydrogens (tertiary/aromatic N) is 1. The van der Waals surface area contributed by atoms with Crippen molar-refractivity contribution in [3.05, 3.63) is 35.5 Å². The number of nitrogens with one attached hydrogen (secondary N) is 1. The van der Waals surface area contributed by atoms with Crippen molar-refractivity contribution in [3.8, 4) is 0 Å². The van der Waals surface area contributed by atoms with Crippen molar-refractivity contribution < 1.29 is 4.79 Å². The number of rotatable bonds is 0. The number of likely N-dealkylation sites (N-methyl/N-ethyl adjacent to an activating group) is 1. The molecule has 2 aliphatic rings. The van der Waals surface area contributed by atoms with Crippen molar-refractivity contribution in [3.63, 3.8) is 0 Å². The fraction of sp³-hybridized carbons (Fsp3) is 0.400. The molecule has 0 amide bonds. The van der Waals surface area contributed by atoms with Gasteiger partial charge >= 0.3 is 0 Å². The Balaban J connectivity index is 1.94. The average Bonchev–Trinajstić information content (AvgIpc) is 2.76. The zero-order valence-corrected chi connectivity index (χ0v) is 10.4. The number of carbonyl (C=O) groups is 1. The van der Waals surface area contributed by atoms with Crippen LogP contribution >= 0.6 is 0 Å². The quantitative estimate of drug-likeness (QED) is 0.765. The van der Waals surface area contributed by atoms with E-state index in [4.69, 9.17) is 0 Å². The van der Waals surface area contributed by atoms with Crippen molar-refractivity contribution >= 4 is 16.7 Å². The van der Waals surface area contributed by atoms with Crippen LogP contribution in [-0.4, -0.2) is 35.3 Å². The molecule has 0 saturated carbocycles. The van der Waals surface area contributed by atoms with Crippen molar-refractivity contribution in [1.29, 1.82) is 0 Å². The Morgan fingerprint density at radius 1 is 1.33 bits per heavy atom. The van der Waals surface area contributed by atoms with Crippen LogP contribution in [0.15, 0.2) is 24.4 Å². The molecule has 1 aromatic heterocycles. The fourth-order valence-corrected chi connectivity index (χ4v) is 3.74. The van der Waals surface area contributed by atoms with Crippen LogP contribution in [0.1, 0.15) is 23.5 Å². The molecule has 0 bridgehead atoms. The number of fused-ring (bicyclic) bond motifs is 2. The molecular weight excluding hydrogens is 224 g/mol. The summed E-state index contributed by atoms with van der Waals surface area (Å²) in [4.78, 5) is 17.4. The second-order valence-electron chi connectivity index (χ2n) is 5.62. The van der Waals surface area contributed by atoms with Crippen LogP contribution in [0.3, 0.4) is 0 Å². The molecule has 3 heteroatoms. The SMILES string of the molecule is CN1CC(=O)C[C@@H]2c3cccc4[nH]cc(c34)C[C@H]21. The van der Waals surface area contributed by atoms with Gasteiger partial charge in [0.25, 0.3) is 0 Å². The molecule has 3 nitrogen and oxygen atoms in total. The van der Waals surface area contributed by atoms with Gasteiger partial charge in [-0.3, -0.25) is 9.69 Å². The van der Waals surface area contributed by atoms with E-state index in [1.54, 1.807) is 0 Å². The minimum atomic E-state index is 0.370. The number of hydrogen-bond donors (Lipinski definition) is 1. The molecule has 0 unspecified atom stereocenters. The topological polar surface area (TPSA) is 36.1 Å². The fourth-order valence-electron chi connectivity index (χ4n) is 3.74. The van der Waals surface area contributed by atoms with Crippen LogP contribution in [0.5, 0.6) is 0 Å². The Bertz CT molecular complexity index is 643. The maximum absolute atomic E-state index is 11.8. The van der Waals surface area contributed by atoms with Gasteiger partial charge < -0.3 is 4.98 Å². The Morgan fingerprint density at radius 2 is 2.22 bits per heavy atom. The van der Waals surface area contributed by atoms with Gasteiger partial charge in [-0.25, -0.2) is 0 Å². The van der Waals surface area contributed by atoms with Crippen LogP contribution in [-0.2, 0) is 11.2 Å². The maximum atomic E-state index is 11.8. The smallest absolute Gasteiger partial charge is 0.147 e. The van der Waals surface area contributed by atoms with Gasteiger partial charge in [0.2, 0.25) is 0 Å². The molecule has 1 saturated heterocycles. The summed E-state index contributed by atoms with van der Waals surface area (Å²) in [7, 11) is 2.08. The van der Waals surface area contributed by atoms with E-state index in [-0.39, 0.29) is 0 Å². The normalized spacial score (nSPS) is 27.5. The molecule has 1 N–H and O–H groups in total. The highest BCUT2D eigenvalue weighted by molar-refractivity contribution is 5.90. The van der Waals surface area contributed by atoms with Crippen molar-refractivity contribution in [2.75, 3.05) is 13.6 Å². The minimum Gasteiger partial charge on any atom is -0.361 e. The molecule has 0 radical (unpaired) electrons. The molecule has 1 aromatic carbocycles. The highest BCUT2D eigenvalue weighted by Gasteiger charge is 2.38. The number of benzene rings is 1. The minimum absolute atomic E-state index is 0.370. The van der Waals surface area contributed by atoms with E-state index >= 15 is 0 Å². The van der Waals surface area contributed by atoms with E-state index in [2.05, 4.69) is 41.3 Å². The van der Waals surface area contributed by atoms with Crippen LogP contribution in [0.4, 0.5) is 0 Å². The largest absolute Gasteiger partial charge is 0.361 e. The first kappa shape index (κ1) is 10.3. The third-order valence-corrected chi connectivity index (χ3v) is 4.55. The number of hydrogen-bond acceptors (Lipinski definition) is 2. The highest BCUT2D eigenvalue weighted by atomic mass is 16.1. The van der Waals surface area contributed by atoms with Crippen LogP contribution in [0, 0.1) is 0 Å². The van der Waals surface area contributed by atoms with E-state index in [1.165, 1.54) is 22.0 Å². The lowest BCUT2D eigenvalue weighted by molar-refractivity contribution is -0.123. The number of H-pyrrole nitrogens is 1. The Labute approximate surface area is 106 Å². The van der Waals surface area contributed by atoms with Gasteiger partial charge in [0, 0.05) is 35.5 Å². The van der Waals surface area contributed by atoms with Gasteiger partial charge in [0.05, 0.1) is 6.54 Å². The number of Topliss-reactive ketones (excluding diaryl/α,β-unsaturated/α-hetero) is 1. The zero-order chi connectivity index (χ0) is 12.3. The number of piperidine rings is 1. The summed E-state index contributed by atoms with van der Waals surface area (Å²) in [5.74, 6) is 0.748. The molecule has 18 heavy (non-hydrogen) atoms. The summed E-state index contributed by atoms with van der Waals surface area (Å²) < 4.78 is 0. The summed E-state index contributed by atoms with van der Waals surface area (Å²) in [6, 6.07) is 6.90. The summed E-state index contributed by atoms with van der Waals surface area (Å²) in [5, 5.41) is 1.36. The van der Waals surface area contributed by atoms with E-state index < -0.39 is 0 Å². The number of aromatic nitrogens is 1. The monoisotopic (exact) mass is 240 g/mol. The number of ketones is 1. The first-order valence-corrected chi connectivity index (χ1v) is 6.55. The second-order valence-corrected chi connectivity index (χ2v) is 5.62. The summed E-state index contributed by atoms with van der Waals surface area (Å²) in [6.07, 6.45) is 3.90. The van der Waals surface area contributed by atoms with Gasteiger partial charge in [0.1, 0.15) is 5.78 Å². The molecule has 92 valence electrons. The van der Waals surface area contributed by atoms with E-state index in [0.717, 1.165) is 6.42 Å². The van der Waals surface area contributed by atoms with Crippen LogP contribution in [0.2, 0.25) is 0 Å². The van der Waals surface area contributed by atoms with Gasteiger partial charge in [0.15, 0.2) is 0 Å². The predicted molar refractivity (Wildman–Crippen MR) is 70.8 cm³/mol. The van der Waals surface area contributed by atoms with Gasteiger partial charge in [-0.2, -0.15) is 0 Å². The van der Waals surface area contributed by atoms with Crippen LogP contribution in [0.25, 0.3) is 10.9 Å². The Kier molecular flexibility index (Phi) is 1.98. The average molecular weight is 240 g/mol. The molecule has 1 aliphatic heterocycles. The van der Waals surface area contributed by atoms with Crippen molar-refractivity contribution in [2.24, 2.45) is 0 Å². The summed E-state index contributed by atoms with van der Waals surface area (Å²) >= 11 is 0. The van der Waals surface area contributed by atoms with E-state index in [1.807, 2.05) is 0 Å². The third kappa shape index (κ3) is 1.25. The first-order valence-electron chi connectivity index (χ1n) is 6.55. The molecule has 2 atom stereocenters. The molecule has 4 rings (SSSR count). The molecule has 1 fully saturated rings. The van der Waals surface area contributed by atoms with E-state index in [0.29, 0.717) is 30.7 Å². The van der Waals surface area contributed by atoms with E-state index in [9.17, 15) is 4.79 Å². The number of carbonyl (C=O) groups excluding carboxylic acids is 1. The Morgan fingerprint density at radius 3 is 3.11 bits per heavy atom. The molecule has 1 aliphatic carbocycles. The molecular formula is C15H16N2O. The second kappa shape index (κ2) is 3.45. The zero-order valence-electron chi connectivity index (χ0n) is 10.4. The van der Waals surface area contributed by atoms with Gasteiger partial charge in [-0.05, 0) is 30.7 Å². The lowest BCUT2D eigenvalue weighted by atomic mass is 9.75. The maximum Gasteiger partial charge on any atom is 0.147 e. The van der Waals surface area contributed by atoms with Crippen molar-refractivity contribution in [1.82, 2.24) is 9.88 Å². The predicted octanol–water partition coefficient (Wildman–Crippen LogP) is 2.08. The standard InChI is InChI=1S/C15H16N2O/c1-17-8-10(18)6-12-11-3-2-4-13-15(11)9(7-16-13)5-14(12)17/h2-4,7,12,14,16H,5-6,8H2,1H3/t12-,14-/m1/s1. The molecule has 0 spiro atoms. The van der Waals surface area contributed by atoms with Crippen LogP contribution < -0.4 is 0 Å². The van der Waals surface area contributed by atoms with Gasteiger partial charge in [-0.1, -0.05) is 12.1 Å². The summed E-state index contributed by atoms with van der Waals surface area (Å²) in [6.45, 7) is 0.608. The molecule has 2 aromatic rings. The lowest BCUT2D eigenvalue weighted by Crippen LogP contribution is -2.48. The highest BCUT2D eigenvalue weighted by Crippen LogP contribution is 2.41. The first-order chi connectivity index (χ1) is 8.74. The number of likely N-dealkylation sites (tertiary alicyclic amines) is 1. The van der Waals surface area contributed by atoms with Gasteiger partial charge in [-0.15, -0.1) is 0 Å². The lowest BCUT2D eigenvalue weighted by Gasteiger charge is -2.41. The number of aromatic amines is 1. The Hall–Kier alpha value is -1.61. The molecule has 2 heterocycles. The third-order valence-electron chi connectivity index (χ3n) is 4.55. The van der Waals surface area contributed by atoms with Crippen molar-refractivity contribution in [2.45, 2.75) is 24.8 Å². The summed E-state index contributed by atoms with van der Waals surface area (Å²) in [5.41, 5.74) is 3.98.